The number of carbonyl (C=O) groups excluding carboxylic acids is 1. The number of aliphatic hydroxyl groups excluding tert-OH is 2. The van der Waals surface area contributed by atoms with Gasteiger partial charge in [-0.3, -0.25) is 4.79 Å². The highest BCUT2D eigenvalue weighted by molar-refractivity contribution is 5.88. The van der Waals surface area contributed by atoms with Crippen LogP contribution >= 0.6 is 0 Å². The SMILES string of the molecule is CC1(C)CC2(CC(C)(C)N1)OC(Cc1ccccc1)(Cc1ccccc1)N(CC(O)CO)C2=O. The molecule has 0 saturated carbocycles. The van der Waals surface area contributed by atoms with E-state index in [0.717, 1.165) is 11.1 Å². The fourth-order valence-corrected chi connectivity index (χ4v) is 6.28. The predicted octanol–water partition coefficient (Wildman–Crippen LogP) is 3.06. The Morgan fingerprint density at radius 1 is 0.912 bits per heavy atom. The van der Waals surface area contributed by atoms with Gasteiger partial charge in [0, 0.05) is 36.8 Å². The van der Waals surface area contributed by atoms with E-state index in [-0.39, 0.29) is 23.5 Å². The number of β-amino-alcohol motifs (C(OH)–C–C–N with tert-alkyl or cyclic N) is 1. The summed E-state index contributed by atoms with van der Waals surface area (Å²) >= 11 is 0. The molecule has 4 rings (SSSR count). The zero-order chi connectivity index (χ0) is 24.6. The molecule has 2 aliphatic heterocycles. The van der Waals surface area contributed by atoms with E-state index in [9.17, 15) is 15.0 Å². The summed E-state index contributed by atoms with van der Waals surface area (Å²) in [5.41, 5.74) is -0.516. The normalized spacial score (nSPS) is 23.2. The molecule has 1 atom stereocenters. The number of hydrogen-bond donors (Lipinski definition) is 3. The number of piperidine rings is 1. The molecule has 2 aromatic rings. The number of rotatable bonds is 7. The molecule has 6 nitrogen and oxygen atoms in total. The van der Waals surface area contributed by atoms with Crippen LogP contribution < -0.4 is 5.32 Å². The molecule has 0 bridgehead atoms. The minimum atomic E-state index is -1.05. The molecule has 0 aromatic heterocycles. The van der Waals surface area contributed by atoms with Gasteiger partial charge in [-0.2, -0.15) is 0 Å². The zero-order valence-corrected chi connectivity index (χ0v) is 20.8. The van der Waals surface area contributed by atoms with Gasteiger partial charge in [0.2, 0.25) is 0 Å². The first kappa shape index (κ1) is 24.9. The third-order valence-electron chi connectivity index (χ3n) is 6.89. The maximum absolute atomic E-state index is 14.3. The molecular weight excluding hydrogens is 428 g/mol. The number of aliphatic hydroxyl groups is 2. The molecule has 1 spiro atoms. The van der Waals surface area contributed by atoms with Crippen LogP contribution in [0.15, 0.2) is 60.7 Å². The van der Waals surface area contributed by atoms with Crippen molar-refractivity contribution in [1.29, 1.82) is 0 Å². The van der Waals surface area contributed by atoms with Crippen LogP contribution in [-0.2, 0) is 22.4 Å². The van der Waals surface area contributed by atoms with Crippen molar-refractivity contribution in [1.82, 2.24) is 10.2 Å². The average Bonchev–Trinajstić information content (AvgIpc) is 2.94. The summed E-state index contributed by atoms with van der Waals surface area (Å²) in [6.45, 7) is 8.02. The summed E-state index contributed by atoms with van der Waals surface area (Å²) < 4.78 is 7.07. The lowest BCUT2D eigenvalue weighted by Crippen LogP contribution is -2.65. The zero-order valence-electron chi connectivity index (χ0n) is 20.8. The largest absolute Gasteiger partial charge is 0.394 e. The van der Waals surface area contributed by atoms with Crippen molar-refractivity contribution in [2.75, 3.05) is 13.2 Å². The Morgan fingerprint density at radius 2 is 1.38 bits per heavy atom. The molecule has 1 unspecified atom stereocenters. The second-order valence-corrected chi connectivity index (χ2v) is 11.4. The molecule has 0 aliphatic carbocycles. The second-order valence-electron chi connectivity index (χ2n) is 11.4. The first-order valence-corrected chi connectivity index (χ1v) is 12.2. The van der Waals surface area contributed by atoms with Gasteiger partial charge in [-0.1, -0.05) is 60.7 Å². The van der Waals surface area contributed by atoms with Crippen LogP contribution in [0.3, 0.4) is 0 Å². The quantitative estimate of drug-likeness (QED) is 0.584. The Labute approximate surface area is 202 Å². The lowest BCUT2D eigenvalue weighted by atomic mass is 9.72. The van der Waals surface area contributed by atoms with Gasteiger partial charge in [0.1, 0.15) is 0 Å². The molecule has 2 saturated heterocycles. The Hall–Kier alpha value is -2.25. The van der Waals surface area contributed by atoms with E-state index in [1.54, 1.807) is 4.90 Å². The lowest BCUT2D eigenvalue weighted by Gasteiger charge is -2.50. The Morgan fingerprint density at radius 3 is 1.82 bits per heavy atom. The predicted molar refractivity (Wildman–Crippen MR) is 132 cm³/mol. The van der Waals surface area contributed by atoms with Crippen LogP contribution in [0.4, 0.5) is 0 Å². The van der Waals surface area contributed by atoms with Crippen molar-refractivity contribution in [2.24, 2.45) is 0 Å². The molecule has 184 valence electrons. The maximum Gasteiger partial charge on any atom is 0.257 e. The Kier molecular flexibility index (Phi) is 6.64. The van der Waals surface area contributed by atoms with Crippen molar-refractivity contribution in [3.05, 3.63) is 71.8 Å². The van der Waals surface area contributed by atoms with E-state index in [1.807, 2.05) is 60.7 Å². The molecule has 0 radical (unpaired) electrons. The topological polar surface area (TPSA) is 82.0 Å². The molecule has 34 heavy (non-hydrogen) atoms. The van der Waals surface area contributed by atoms with Gasteiger partial charge in [-0.05, 0) is 38.8 Å². The Bertz CT molecular complexity index is 932. The fourth-order valence-electron chi connectivity index (χ4n) is 6.28. The van der Waals surface area contributed by atoms with E-state index < -0.39 is 24.0 Å². The summed E-state index contributed by atoms with van der Waals surface area (Å²) in [5.74, 6) is -0.102. The van der Waals surface area contributed by atoms with Crippen LogP contribution in [0.1, 0.15) is 51.7 Å². The van der Waals surface area contributed by atoms with Crippen molar-refractivity contribution < 1.29 is 19.7 Å². The third kappa shape index (κ3) is 5.05. The molecular formula is C28H38N2O4. The number of benzene rings is 2. The summed E-state index contributed by atoms with van der Waals surface area (Å²) in [7, 11) is 0. The number of nitrogens with zero attached hydrogens (tertiary/aromatic N) is 1. The van der Waals surface area contributed by atoms with Crippen LogP contribution in [0.25, 0.3) is 0 Å². The molecule has 2 aromatic carbocycles. The van der Waals surface area contributed by atoms with Crippen molar-refractivity contribution in [3.8, 4) is 0 Å². The van der Waals surface area contributed by atoms with Crippen molar-refractivity contribution in [3.63, 3.8) is 0 Å². The lowest BCUT2D eigenvalue weighted by molar-refractivity contribution is -0.171. The molecule has 2 aliphatic rings. The standard InChI is InChI=1S/C28H38N2O4/c1-25(2)19-27(20-26(3,4)29-25)24(33)30(17-23(32)18-31)28(34-27,15-21-11-7-5-8-12-21)16-22-13-9-6-10-14-22/h5-14,23,29,31-32H,15-20H2,1-4H3. The molecule has 1 amide bonds. The monoisotopic (exact) mass is 466 g/mol. The van der Waals surface area contributed by atoms with Gasteiger partial charge in [0.15, 0.2) is 11.3 Å². The summed E-state index contributed by atoms with van der Waals surface area (Å²) in [6, 6.07) is 20.1. The summed E-state index contributed by atoms with van der Waals surface area (Å²) in [5, 5.41) is 23.8. The first-order chi connectivity index (χ1) is 16.0. The first-order valence-electron chi connectivity index (χ1n) is 12.2. The van der Waals surface area contributed by atoms with Gasteiger partial charge >= 0.3 is 0 Å². The van der Waals surface area contributed by atoms with E-state index in [2.05, 4.69) is 33.0 Å². The minimum Gasteiger partial charge on any atom is -0.394 e. The second kappa shape index (κ2) is 9.08. The number of hydrogen-bond acceptors (Lipinski definition) is 5. The smallest absolute Gasteiger partial charge is 0.257 e. The Balaban J connectivity index is 1.84. The minimum absolute atomic E-state index is 0.0189. The van der Waals surface area contributed by atoms with Crippen LogP contribution in [0, 0.1) is 0 Å². The van der Waals surface area contributed by atoms with Gasteiger partial charge in [-0.25, -0.2) is 0 Å². The molecule has 2 fully saturated rings. The number of carbonyl (C=O) groups is 1. The summed E-state index contributed by atoms with van der Waals surface area (Å²) in [6.07, 6.45) is 0.987. The highest BCUT2D eigenvalue weighted by Gasteiger charge is 2.64. The number of amides is 1. The van der Waals surface area contributed by atoms with E-state index >= 15 is 0 Å². The average molecular weight is 467 g/mol. The highest BCUT2D eigenvalue weighted by Crippen LogP contribution is 2.49. The fraction of sp³-hybridized carbons (Fsp3) is 0.536. The molecule has 2 heterocycles. The van der Waals surface area contributed by atoms with Gasteiger partial charge in [0.05, 0.1) is 19.3 Å². The van der Waals surface area contributed by atoms with Crippen molar-refractivity contribution >= 4 is 5.91 Å². The number of nitrogens with one attached hydrogen (secondary N) is 1. The maximum atomic E-state index is 14.3. The van der Waals surface area contributed by atoms with Gasteiger partial charge in [0.25, 0.3) is 5.91 Å². The van der Waals surface area contributed by atoms with E-state index in [1.165, 1.54) is 0 Å². The summed E-state index contributed by atoms with van der Waals surface area (Å²) in [4.78, 5) is 16.0. The van der Waals surface area contributed by atoms with Crippen LogP contribution in [-0.4, -0.2) is 62.7 Å². The van der Waals surface area contributed by atoms with E-state index in [4.69, 9.17) is 4.74 Å². The molecule has 6 heteroatoms. The van der Waals surface area contributed by atoms with Gasteiger partial charge < -0.3 is 25.2 Å². The molecule has 3 N–H and O–H groups in total. The van der Waals surface area contributed by atoms with Crippen LogP contribution in [0.5, 0.6) is 0 Å². The van der Waals surface area contributed by atoms with E-state index in [0.29, 0.717) is 25.7 Å². The highest BCUT2D eigenvalue weighted by atomic mass is 16.6. The van der Waals surface area contributed by atoms with Crippen molar-refractivity contribution in [2.45, 2.75) is 81.9 Å². The number of ether oxygens (including phenoxy) is 1. The van der Waals surface area contributed by atoms with Gasteiger partial charge in [-0.15, -0.1) is 0 Å². The third-order valence-corrected chi connectivity index (χ3v) is 6.89. The van der Waals surface area contributed by atoms with Crippen LogP contribution in [0.2, 0.25) is 0 Å².